The molecule has 1 unspecified atom stereocenters. The lowest BCUT2D eigenvalue weighted by atomic mass is 9.96. The molecule has 1 aliphatic heterocycles. The Kier molecular flexibility index (Phi) is 3.29. The molecule has 0 radical (unpaired) electrons. The Morgan fingerprint density at radius 1 is 1.31 bits per heavy atom. The van der Waals surface area contributed by atoms with Crippen LogP contribution < -0.4 is 0 Å². The van der Waals surface area contributed by atoms with Crippen molar-refractivity contribution in [2.75, 3.05) is 12.4 Å². The normalized spacial score (nSPS) is 32.2. The van der Waals surface area contributed by atoms with Crippen LogP contribution in [-0.4, -0.2) is 25.5 Å². The maximum Gasteiger partial charge on any atom is 0.158 e. The van der Waals surface area contributed by atoms with Gasteiger partial charge in [0, 0.05) is 6.42 Å². The highest BCUT2D eigenvalue weighted by atomic mass is 32.2. The van der Waals surface area contributed by atoms with Crippen molar-refractivity contribution in [2.45, 2.75) is 50.2 Å². The first-order valence-electron chi connectivity index (χ1n) is 6.05. The number of hydrogen-bond donors (Lipinski definition) is 0. The zero-order valence-corrected chi connectivity index (χ0v) is 10.7. The molecule has 1 heterocycles. The first-order valence-corrected chi connectivity index (χ1v) is 7.71. The third kappa shape index (κ3) is 2.59. The number of ether oxygens (including phenoxy) is 1. The summed E-state index contributed by atoms with van der Waals surface area (Å²) in [6.07, 6.45) is 8.64. The molecule has 1 saturated heterocycles. The van der Waals surface area contributed by atoms with Crippen molar-refractivity contribution in [1.29, 1.82) is 0 Å². The molecular weight excluding hydrogens is 224 g/mol. The van der Waals surface area contributed by atoms with Gasteiger partial charge in [-0.3, -0.25) is 0 Å². The predicted molar refractivity (Wildman–Crippen MR) is 63.9 cm³/mol. The van der Waals surface area contributed by atoms with Crippen LogP contribution in [-0.2, 0) is 14.6 Å². The molecule has 0 aromatic carbocycles. The summed E-state index contributed by atoms with van der Waals surface area (Å²) < 4.78 is 27.4. The molecular formula is C12H20O3S. The highest BCUT2D eigenvalue weighted by molar-refractivity contribution is 8.00. The minimum atomic E-state index is -2.76. The number of allylic oxidation sites excluding steroid dienone is 1. The van der Waals surface area contributed by atoms with Crippen molar-refractivity contribution in [2.24, 2.45) is 0 Å². The van der Waals surface area contributed by atoms with E-state index < -0.39 is 14.6 Å². The molecule has 4 heteroatoms. The lowest BCUT2D eigenvalue weighted by Gasteiger charge is -2.13. The van der Waals surface area contributed by atoms with Gasteiger partial charge in [0.15, 0.2) is 9.84 Å². The molecule has 0 bridgehead atoms. The Balaban J connectivity index is 1.69. The maximum atomic E-state index is 11.2. The summed E-state index contributed by atoms with van der Waals surface area (Å²) in [7, 11) is -2.76. The van der Waals surface area contributed by atoms with Crippen LogP contribution in [0.3, 0.4) is 0 Å². The Morgan fingerprint density at radius 3 is 2.50 bits per heavy atom. The van der Waals surface area contributed by atoms with Crippen molar-refractivity contribution in [3.8, 4) is 0 Å². The van der Waals surface area contributed by atoms with Crippen LogP contribution >= 0.6 is 0 Å². The second kappa shape index (κ2) is 4.40. The summed E-state index contributed by atoms with van der Waals surface area (Å²) in [6.45, 7) is 2.33. The Bertz CT molecular complexity index is 375. The van der Waals surface area contributed by atoms with Crippen molar-refractivity contribution in [3.63, 3.8) is 0 Å². The molecule has 92 valence electrons. The van der Waals surface area contributed by atoms with Crippen LogP contribution in [0.1, 0.15) is 45.4 Å². The fourth-order valence-electron chi connectivity index (χ4n) is 2.18. The molecule has 0 spiro atoms. The lowest BCUT2D eigenvalue weighted by Crippen LogP contribution is -2.10. The largest absolute Gasteiger partial charge is 0.501 e. The van der Waals surface area contributed by atoms with E-state index in [1.165, 1.54) is 24.8 Å². The van der Waals surface area contributed by atoms with Gasteiger partial charge in [0.05, 0.1) is 23.4 Å². The molecule has 2 rings (SSSR count). The molecule has 0 aromatic heterocycles. The van der Waals surface area contributed by atoms with Crippen molar-refractivity contribution < 1.29 is 13.2 Å². The van der Waals surface area contributed by atoms with Crippen LogP contribution in [0.5, 0.6) is 0 Å². The topological polar surface area (TPSA) is 43.4 Å². The van der Waals surface area contributed by atoms with Gasteiger partial charge in [-0.2, -0.15) is 0 Å². The van der Waals surface area contributed by atoms with E-state index in [4.69, 9.17) is 4.74 Å². The smallest absolute Gasteiger partial charge is 0.158 e. The van der Waals surface area contributed by atoms with Gasteiger partial charge in [-0.05, 0) is 38.2 Å². The molecule has 0 aromatic rings. The average molecular weight is 244 g/mol. The molecule has 3 nitrogen and oxygen atoms in total. The van der Waals surface area contributed by atoms with Gasteiger partial charge >= 0.3 is 0 Å². The van der Waals surface area contributed by atoms with E-state index in [2.05, 4.69) is 0 Å². The first-order chi connectivity index (χ1) is 7.54. The summed E-state index contributed by atoms with van der Waals surface area (Å²) in [5.74, 6) is 0.333. The van der Waals surface area contributed by atoms with Crippen LogP contribution in [0.15, 0.2) is 11.8 Å². The minimum Gasteiger partial charge on any atom is -0.501 e. The van der Waals surface area contributed by atoms with Crippen LogP contribution in [0.2, 0.25) is 0 Å². The van der Waals surface area contributed by atoms with E-state index in [1.54, 1.807) is 6.92 Å². The summed E-state index contributed by atoms with van der Waals surface area (Å²) in [4.78, 5) is 0. The molecule has 0 N–H and O–H groups in total. The second-order valence-corrected chi connectivity index (χ2v) is 7.67. The molecule has 2 aliphatic rings. The van der Waals surface area contributed by atoms with Gasteiger partial charge in [0.25, 0.3) is 0 Å². The number of sulfone groups is 1. The van der Waals surface area contributed by atoms with Gasteiger partial charge in [0.1, 0.15) is 0 Å². The minimum absolute atomic E-state index is 0.333. The highest BCUT2D eigenvalue weighted by Crippen LogP contribution is 2.39. The highest BCUT2D eigenvalue weighted by Gasteiger charge is 2.56. The van der Waals surface area contributed by atoms with Crippen molar-refractivity contribution in [3.05, 3.63) is 11.8 Å². The monoisotopic (exact) mass is 244 g/mol. The zero-order valence-electron chi connectivity index (χ0n) is 9.87. The summed E-state index contributed by atoms with van der Waals surface area (Å²) in [5, 5.41) is 0. The molecule has 0 amide bonds. The number of hydrogen-bond acceptors (Lipinski definition) is 3. The third-order valence-electron chi connectivity index (χ3n) is 3.65. The lowest BCUT2D eigenvalue weighted by molar-refractivity contribution is 0.233. The van der Waals surface area contributed by atoms with E-state index in [-0.39, 0.29) is 0 Å². The molecule has 1 saturated carbocycles. The van der Waals surface area contributed by atoms with Crippen LogP contribution in [0.25, 0.3) is 0 Å². The predicted octanol–water partition coefficient (Wildman–Crippen LogP) is 2.43. The standard InChI is InChI=1S/C12H20O3S/c1-12(10-16(12,13)14)7-8-15-9-11-5-3-2-4-6-11/h9H,2-8,10H2,1H3. The van der Waals surface area contributed by atoms with Gasteiger partial charge in [-0.25, -0.2) is 8.42 Å². The SMILES string of the molecule is CC1(CCOC=C2CCCCC2)CS1(=O)=O. The molecule has 1 atom stereocenters. The van der Waals surface area contributed by atoms with E-state index in [0.717, 1.165) is 12.8 Å². The Hall–Kier alpha value is -0.510. The fourth-order valence-corrected chi connectivity index (χ4v) is 3.75. The maximum absolute atomic E-state index is 11.2. The van der Waals surface area contributed by atoms with E-state index in [9.17, 15) is 8.42 Å². The molecule has 2 fully saturated rings. The molecule has 16 heavy (non-hydrogen) atoms. The van der Waals surface area contributed by atoms with Crippen LogP contribution in [0, 0.1) is 0 Å². The van der Waals surface area contributed by atoms with Crippen molar-refractivity contribution >= 4 is 9.84 Å². The fraction of sp³-hybridized carbons (Fsp3) is 0.833. The first kappa shape index (κ1) is 12.0. The van der Waals surface area contributed by atoms with Crippen molar-refractivity contribution in [1.82, 2.24) is 0 Å². The Morgan fingerprint density at radius 2 is 1.94 bits per heavy atom. The van der Waals surface area contributed by atoms with E-state index >= 15 is 0 Å². The zero-order chi connectivity index (χ0) is 11.6. The second-order valence-electron chi connectivity index (χ2n) is 5.17. The van der Waals surface area contributed by atoms with Gasteiger partial charge < -0.3 is 4.74 Å². The molecule has 1 aliphatic carbocycles. The summed E-state index contributed by atoms with van der Waals surface area (Å²) in [6, 6.07) is 0. The third-order valence-corrected chi connectivity index (χ3v) is 6.17. The van der Waals surface area contributed by atoms with Gasteiger partial charge in [-0.15, -0.1) is 0 Å². The summed E-state index contributed by atoms with van der Waals surface area (Å²) in [5.41, 5.74) is 1.38. The van der Waals surface area contributed by atoms with Crippen LogP contribution in [0.4, 0.5) is 0 Å². The number of rotatable bonds is 4. The average Bonchev–Trinajstić information content (AvgIpc) is 2.75. The van der Waals surface area contributed by atoms with Gasteiger partial charge in [-0.1, -0.05) is 6.42 Å². The Labute approximate surface area is 97.8 Å². The summed E-state index contributed by atoms with van der Waals surface area (Å²) >= 11 is 0. The van der Waals surface area contributed by atoms with E-state index in [1.807, 2.05) is 6.26 Å². The van der Waals surface area contributed by atoms with E-state index in [0.29, 0.717) is 18.8 Å². The van der Waals surface area contributed by atoms with Gasteiger partial charge in [0.2, 0.25) is 0 Å². The quantitative estimate of drug-likeness (QED) is 0.433.